The van der Waals surface area contributed by atoms with E-state index in [1.807, 2.05) is 0 Å². The second-order valence-electron chi connectivity index (χ2n) is 16.0. The Labute approximate surface area is 238 Å². The normalized spacial score (nSPS) is 44.5. The van der Waals surface area contributed by atoms with E-state index < -0.39 is 11.4 Å². The van der Waals surface area contributed by atoms with Gasteiger partial charge in [0, 0.05) is 16.9 Å². The largest absolute Gasteiger partial charge is 0.481 e. The molecule has 1 aromatic heterocycles. The highest BCUT2D eigenvalue weighted by molar-refractivity contribution is 9.09. The second-order valence-corrected chi connectivity index (χ2v) is 16.8. The van der Waals surface area contributed by atoms with E-state index in [0.717, 1.165) is 56.8 Å². The fourth-order valence-corrected chi connectivity index (χ4v) is 11.7. The molecule has 6 rings (SSSR count). The molecule has 210 valence electrons. The van der Waals surface area contributed by atoms with Crippen molar-refractivity contribution in [2.45, 2.75) is 118 Å². The maximum absolute atomic E-state index is 12.9. The molecule has 0 aromatic carbocycles. The summed E-state index contributed by atoms with van der Waals surface area (Å²) in [5.74, 6) is 0.860. The van der Waals surface area contributed by atoms with Crippen LogP contribution in [0.25, 0.3) is 0 Å². The Morgan fingerprint density at radius 3 is 2.45 bits per heavy atom. The molecule has 1 aromatic rings. The minimum absolute atomic E-state index is 0.0601. The van der Waals surface area contributed by atoms with Gasteiger partial charge in [-0.15, -0.1) is 0 Å². The Morgan fingerprint density at radius 2 is 1.76 bits per heavy atom. The van der Waals surface area contributed by atoms with E-state index >= 15 is 0 Å². The molecular weight excluding hydrogens is 536 g/mol. The molecule has 0 bridgehead atoms. The molecule has 7 atom stereocenters. The fraction of sp³-hybridized carbons (Fsp3) is 0.818. The molecular formula is C33H49BrN2O2. The smallest absolute Gasteiger partial charge is 0.310 e. The quantitative estimate of drug-likeness (QED) is 0.288. The van der Waals surface area contributed by atoms with Crippen molar-refractivity contribution >= 4 is 21.9 Å². The highest BCUT2D eigenvalue weighted by Gasteiger charge is 2.69. The lowest BCUT2D eigenvalue weighted by atomic mass is 9.33. The number of carboxylic acids is 1. The summed E-state index contributed by atoms with van der Waals surface area (Å²) in [4.78, 5) is 12.9. The predicted octanol–water partition coefficient (Wildman–Crippen LogP) is 8.18. The molecule has 3 fully saturated rings. The Kier molecular flexibility index (Phi) is 5.87. The van der Waals surface area contributed by atoms with Crippen LogP contribution in [0.1, 0.15) is 111 Å². The van der Waals surface area contributed by atoms with E-state index in [1.165, 1.54) is 29.7 Å². The van der Waals surface area contributed by atoms with Crippen LogP contribution in [0.4, 0.5) is 0 Å². The third kappa shape index (κ3) is 3.32. The number of allylic oxidation sites excluding steroid dienone is 2. The lowest BCUT2D eigenvalue weighted by molar-refractivity contribution is -0.177. The van der Waals surface area contributed by atoms with Crippen LogP contribution >= 0.6 is 15.9 Å². The van der Waals surface area contributed by atoms with Crippen molar-refractivity contribution in [3.8, 4) is 0 Å². The van der Waals surface area contributed by atoms with Crippen molar-refractivity contribution in [3.63, 3.8) is 0 Å². The van der Waals surface area contributed by atoms with Crippen LogP contribution in [0.15, 0.2) is 17.8 Å². The van der Waals surface area contributed by atoms with Crippen molar-refractivity contribution in [2.24, 2.45) is 44.8 Å². The van der Waals surface area contributed by atoms with Gasteiger partial charge in [-0.05, 0) is 103 Å². The van der Waals surface area contributed by atoms with Crippen LogP contribution < -0.4 is 0 Å². The average Bonchev–Trinajstić information content (AvgIpc) is 3.22. The first-order valence-corrected chi connectivity index (χ1v) is 16.3. The van der Waals surface area contributed by atoms with Crippen molar-refractivity contribution in [1.82, 2.24) is 9.78 Å². The number of halogens is 1. The van der Waals surface area contributed by atoms with Gasteiger partial charge in [0.2, 0.25) is 0 Å². The molecule has 3 saturated carbocycles. The van der Waals surface area contributed by atoms with Crippen LogP contribution in [0, 0.1) is 44.8 Å². The number of hydrogen-bond acceptors (Lipinski definition) is 2. The third-order valence-corrected chi connectivity index (χ3v) is 13.9. The van der Waals surface area contributed by atoms with Gasteiger partial charge in [-0.25, -0.2) is 0 Å². The maximum Gasteiger partial charge on any atom is 0.310 e. The Bertz CT molecular complexity index is 1200. The molecule has 4 nitrogen and oxygen atoms in total. The van der Waals surface area contributed by atoms with Gasteiger partial charge in [0.25, 0.3) is 0 Å². The number of fused-ring (bicyclic) bond motifs is 8. The topological polar surface area (TPSA) is 55.1 Å². The Hall–Kier alpha value is -1.10. The van der Waals surface area contributed by atoms with Crippen molar-refractivity contribution in [3.05, 3.63) is 29.1 Å². The molecule has 0 unspecified atom stereocenters. The van der Waals surface area contributed by atoms with Gasteiger partial charge in [-0.3, -0.25) is 9.48 Å². The summed E-state index contributed by atoms with van der Waals surface area (Å²) in [6.45, 7) is 18.3. The van der Waals surface area contributed by atoms with Crippen molar-refractivity contribution in [2.75, 3.05) is 5.33 Å². The van der Waals surface area contributed by atoms with Crippen LogP contribution in [0.2, 0.25) is 0 Å². The van der Waals surface area contributed by atoms with Crippen LogP contribution in [-0.4, -0.2) is 26.2 Å². The summed E-state index contributed by atoms with van der Waals surface area (Å²) < 4.78 is 2.17. The number of aliphatic carboxylic acids is 1. The lowest BCUT2D eigenvalue weighted by Gasteiger charge is -2.70. The van der Waals surface area contributed by atoms with Gasteiger partial charge < -0.3 is 5.11 Å². The van der Waals surface area contributed by atoms with Gasteiger partial charge in [-0.1, -0.05) is 76.0 Å². The molecule has 0 radical (unpaired) electrons. The van der Waals surface area contributed by atoms with E-state index in [9.17, 15) is 9.90 Å². The minimum atomic E-state index is -0.559. The average molecular weight is 586 g/mol. The Balaban J connectivity index is 1.44. The van der Waals surface area contributed by atoms with E-state index in [0.29, 0.717) is 11.8 Å². The number of aromatic nitrogens is 2. The first kappa shape index (κ1) is 27.1. The molecule has 0 aliphatic heterocycles. The zero-order valence-corrected chi connectivity index (χ0v) is 26.4. The van der Waals surface area contributed by atoms with Crippen molar-refractivity contribution in [1.29, 1.82) is 0 Å². The van der Waals surface area contributed by atoms with E-state index in [1.54, 1.807) is 0 Å². The van der Waals surface area contributed by atoms with E-state index in [-0.39, 0.29) is 33.0 Å². The first-order valence-electron chi connectivity index (χ1n) is 15.2. The summed E-state index contributed by atoms with van der Waals surface area (Å²) in [6.07, 6.45) is 14.4. The third-order valence-electron chi connectivity index (χ3n) is 13.5. The van der Waals surface area contributed by atoms with E-state index in [4.69, 9.17) is 5.10 Å². The zero-order valence-electron chi connectivity index (χ0n) is 24.8. The number of carboxylic acid groups (broad SMARTS) is 1. The summed E-state index contributed by atoms with van der Waals surface area (Å²) >= 11 is 3.61. The van der Waals surface area contributed by atoms with Crippen LogP contribution in [0.3, 0.4) is 0 Å². The molecule has 5 aliphatic rings. The molecule has 1 N–H and O–H groups in total. The number of rotatable bonds is 3. The maximum atomic E-state index is 12.9. The molecule has 0 saturated heterocycles. The van der Waals surface area contributed by atoms with Gasteiger partial charge >= 0.3 is 5.97 Å². The Morgan fingerprint density at radius 1 is 1.05 bits per heavy atom. The second kappa shape index (κ2) is 8.23. The number of alkyl halides is 1. The summed E-state index contributed by atoms with van der Waals surface area (Å²) in [6, 6.07) is 0. The molecule has 0 spiro atoms. The summed E-state index contributed by atoms with van der Waals surface area (Å²) in [5, 5.41) is 16.7. The molecule has 38 heavy (non-hydrogen) atoms. The first-order chi connectivity index (χ1) is 17.6. The summed E-state index contributed by atoms with van der Waals surface area (Å²) in [5.41, 5.74) is 4.51. The number of nitrogens with zero attached hydrogens (tertiary/aromatic N) is 2. The fourth-order valence-electron chi connectivity index (χ4n) is 11.3. The van der Waals surface area contributed by atoms with Crippen molar-refractivity contribution < 1.29 is 9.90 Å². The number of aryl methyl sites for hydroxylation is 1. The van der Waals surface area contributed by atoms with Gasteiger partial charge in [0.1, 0.15) is 0 Å². The van der Waals surface area contributed by atoms with Crippen LogP contribution in [-0.2, 0) is 23.2 Å². The standard InChI is InChI=1S/C33H49BrN2O2/c1-28(2)12-14-33(27(37)38)15-13-31(6)22(23(33)19-28)8-9-25-30(5)18-21-20-36(17-16-34)35-26(21)29(3,4)24(30)10-11-32(25,31)7/h8,20,23-25H,9-19H2,1-7H3,(H,37,38)/t23-,24-,25+,30-,31+,32+,33-/m0/s1. The molecule has 5 heteroatoms. The highest BCUT2D eigenvalue weighted by atomic mass is 79.9. The number of hydrogen-bond donors (Lipinski definition) is 1. The van der Waals surface area contributed by atoms with Gasteiger partial charge in [0.05, 0.1) is 17.7 Å². The molecule has 1 heterocycles. The lowest BCUT2D eigenvalue weighted by Crippen LogP contribution is -2.64. The minimum Gasteiger partial charge on any atom is -0.481 e. The SMILES string of the molecule is CC1(C)CC[C@]2(C(=O)O)CC[C@]3(C)C(=CC[C@@H]4[C@@]5(C)Cc6cn(CCBr)nc6C(C)(C)[C@@H]5CC[C@]43C)[C@@H]2C1. The number of carbonyl (C=O) groups is 1. The van der Waals surface area contributed by atoms with Crippen LogP contribution in [0.5, 0.6) is 0 Å². The monoisotopic (exact) mass is 584 g/mol. The predicted molar refractivity (Wildman–Crippen MR) is 156 cm³/mol. The zero-order chi connectivity index (χ0) is 27.5. The van der Waals surface area contributed by atoms with Gasteiger partial charge in [0.15, 0.2) is 0 Å². The summed E-state index contributed by atoms with van der Waals surface area (Å²) in [7, 11) is 0. The van der Waals surface area contributed by atoms with Gasteiger partial charge in [-0.2, -0.15) is 5.10 Å². The molecule has 5 aliphatic carbocycles. The highest BCUT2D eigenvalue weighted by Crippen LogP contribution is 2.75. The molecule has 0 amide bonds. The van der Waals surface area contributed by atoms with E-state index in [2.05, 4.69) is 81.4 Å².